The van der Waals surface area contributed by atoms with Gasteiger partial charge in [0.25, 0.3) is 0 Å². The summed E-state index contributed by atoms with van der Waals surface area (Å²) in [6.07, 6.45) is 1.34. The number of alkyl halides is 3. The van der Waals surface area contributed by atoms with E-state index in [1.165, 1.54) is 62.8 Å². The Morgan fingerprint density at radius 3 is 2.38 bits per heavy atom. The van der Waals surface area contributed by atoms with E-state index in [0.717, 1.165) is 12.1 Å². The molecule has 3 aromatic heterocycles. The quantitative estimate of drug-likeness (QED) is 0.368. The molecule has 34 heavy (non-hydrogen) atoms. The van der Waals surface area contributed by atoms with Crippen molar-refractivity contribution in [2.45, 2.75) is 6.18 Å². The molecular formula is C23H14F4N6O. The first-order valence-corrected chi connectivity index (χ1v) is 9.93. The average molecular weight is 466 g/mol. The first kappa shape index (κ1) is 21.3. The van der Waals surface area contributed by atoms with Gasteiger partial charge in [0.2, 0.25) is 5.43 Å². The molecule has 0 aliphatic carbocycles. The molecule has 0 aliphatic heterocycles. The van der Waals surface area contributed by atoms with Crippen molar-refractivity contribution in [1.29, 1.82) is 0 Å². The van der Waals surface area contributed by atoms with E-state index in [1.54, 1.807) is 24.5 Å². The van der Waals surface area contributed by atoms with Crippen LogP contribution in [0.1, 0.15) is 5.56 Å². The van der Waals surface area contributed by atoms with Gasteiger partial charge >= 0.3 is 6.18 Å². The summed E-state index contributed by atoms with van der Waals surface area (Å²) in [5, 5.41) is 12.4. The second-order valence-electron chi connectivity index (χ2n) is 7.24. The van der Waals surface area contributed by atoms with Crippen molar-refractivity contribution in [1.82, 2.24) is 29.3 Å². The Hall–Kier alpha value is -4.54. The second-order valence-corrected chi connectivity index (χ2v) is 7.24. The molecule has 2 aromatic carbocycles. The van der Waals surface area contributed by atoms with Gasteiger partial charge < -0.3 is 0 Å². The number of hydrogen-bond acceptors (Lipinski definition) is 4. The Morgan fingerprint density at radius 1 is 0.794 bits per heavy atom. The molecule has 0 aliphatic rings. The molecule has 0 fully saturated rings. The Morgan fingerprint density at radius 2 is 1.65 bits per heavy atom. The fourth-order valence-electron chi connectivity index (χ4n) is 3.47. The zero-order valence-electron chi connectivity index (χ0n) is 17.2. The molecule has 7 nitrogen and oxygen atoms in total. The van der Waals surface area contributed by atoms with Crippen LogP contribution in [0, 0.1) is 5.82 Å². The molecule has 0 bridgehead atoms. The van der Waals surface area contributed by atoms with Crippen molar-refractivity contribution in [2.24, 2.45) is 0 Å². The zero-order chi connectivity index (χ0) is 23.9. The van der Waals surface area contributed by atoms with Crippen molar-refractivity contribution < 1.29 is 17.6 Å². The monoisotopic (exact) mass is 466 g/mol. The molecule has 5 rings (SSSR count). The summed E-state index contributed by atoms with van der Waals surface area (Å²) < 4.78 is 58.2. The first-order valence-electron chi connectivity index (χ1n) is 9.93. The van der Waals surface area contributed by atoms with Gasteiger partial charge in [-0.3, -0.25) is 4.79 Å². The van der Waals surface area contributed by atoms with Gasteiger partial charge in [0.15, 0.2) is 11.5 Å². The highest BCUT2D eigenvalue weighted by molar-refractivity contribution is 5.57. The fraction of sp³-hybridized carbons (Fsp3) is 0.0435. The van der Waals surface area contributed by atoms with Crippen LogP contribution in [-0.2, 0) is 6.18 Å². The molecule has 5 aromatic rings. The molecule has 3 heterocycles. The van der Waals surface area contributed by atoms with E-state index in [-0.39, 0.29) is 22.8 Å². The highest BCUT2D eigenvalue weighted by Crippen LogP contribution is 2.31. The SMILES string of the molecule is O=c1ccn(-c2ccc(-n3cccn3)cc2F)nc1-c1ccnn1-c1cccc(C(F)(F)F)c1. The van der Waals surface area contributed by atoms with Gasteiger partial charge in [-0.1, -0.05) is 6.07 Å². The van der Waals surface area contributed by atoms with Crippen LogP contribution in [0.4, 0.5) is 17.6 Å². The number of hydrogen-bond donors (Lipinski definition) is 0. The average Bonchev–Trinajstić information content (AvgIpc) is 3.52. The van der Waals surface area contributed by atoms with Crippen molar-refractivity contribution in [3.05, 3.63) is 107 Å². The van der Waals surface area contributed by atoms with Crippen LogP contribution < -0.4 is 5.43 Å². The van der Waals surface area contributed by atoms with Gasteiger partial charge in [-0.15, -0.1) is 0 Å². The number of aromatic nitrogens is 6. The van der Waals surface area contributed by atoms with Crippen LogP contribution >= 0.6 is 0 Å². The van der Waals surface area contributed by atoms with E-state index in [0.29, 0.717) is 5.69 Å². The highest BCUT2D eigenvalue weighted by Gasteiger charge is 2.30. The van der Waals surface area contributed by atoms with E-state index in [4.69, 9.17) is 0 Å². The van der Waals surface area contributed by atoms with Crippen LogP contribution in [0.3, 0.4) is 0 Å². The van der Waals surface area contributed by atoms with Crippen LogP contribution in [0.5, 0.6) is 0 Å². The van der Waals surface area contributed by atoms with Crippen LogP contribution in [0.25, 0.3) is 28.5 Å². The maximum Gasteiger partial charge on any atom is 0.416 e. The lowest BCUT2D eigenvalue weighted by molar-refractivity contribution is -0.137. The highest BCUT2D eigenvalue weighted by atomic mass is 19.4. The van der Waals surface area contributed by atoms with E-state index in [1.807, 2.05) is 0 Å². The summed E-state index contributed by atoms with van der Waals surface area (Å²) >= 11 is 0. The molecule has 0 atom stereocenters. The summed E-state index contributed by atoms with van der Waals surface area (Å²) in [7, 11) is 0. The van der Waals surface area contributed by atoms with E-state index in [9.17, 15) is 22.4 Å². The van der Waals surface area contributed by atoms with Gasteiger partial charge in [-0.2, -0.15) is 28.5 Å². The number of halogens is 4. The van der Waals surface area contributed by atoms with Crippen molar-refractivity contribution in [2.75, 3.05) is 0 Å². The zero-order valence-corrected chi connectivity index (χ0v) is 17.2. The largest absolute Gasteiger partial charge is 0.416 e. The minimum absolute atomic E-state index is 0.0716. The maximum absolute atomic E-state index is 14.9. The minimum Gasteiger partial charge on any atom is -0.287 e. The van der Waals surface area contributed by atoms with Crippen molar-refractivity contribution >= 4 is 0 Å². The molecule has 0 saturated heterocycles. The lowest BCUT2D eigenvalue weighted by atomic mass is 10.2. The normalized spacial score (nSPS) is 11.6. The summed E-state index contributed by atoms with van der Waals surface area (Å²) in [6.45, 7) is 0. The smallest absolute Gasteiger partial charge is 0.287 e. The summed E-state index contributed by atoms with van der Waals surface area (Å²) in [4.78, 5) is 12.6. The summed E-state index contributed by atoms with van der Waals surface area (Å²) in [5.74, 6) is -0.610. The molecule has 0 spiro atoms. The molecule has 11 heteroatoms. The van der Waals surface area contributed by atoms with Crippen molar-refractivity contribution in [3.8, 4) is 28.5 Å². The van der Waals surface area contributed by atoms with Crippen molar-refractivity contribution in [3.63, 3.8) is 0 Å². The van der Waals surface area contributed by atoms with E-state index in [2.05, 4.69) is 15.3 Å². The molecular weight excluding hydrogens is 452 g/mol. The van der Waals surface area contributed by atoms with E-state index >= 15 is 0 Å². The molecule has 0 unspecified atom stereocenters. The minimum atomic E-state index is -4.54. The van der Waals surface area contributed by atoms with Crippen LogP contribution in [0.2, 0.25) is 0 Å². The third kappa shape index (κ3) is 3.87. The van der Waals surface area contributed by atoms with Crippen LogP contribution in [-0.4, -0.2) is 29.3 Å². The Labute approximate surface area is 189 Å². The summed E-state index contributed by atoms with van der Waals surface area (Å²) in [5.41, 5.74) is -0.637. The molecule has 0 amide bonds. The van der Waals surface area contributed by atoms with Crippen LogP contribution in [0.15, 0.2) is 90.2 Å². The molecule has 170 valence electrons. The molecule has 0 radical (unpaired) electrons. The van der Waals surface area contributed by atoms with Gasteiger partial charge in [-0.25, -0.2) is 18.4 Å². The molecule has 0 N–H and O–H groups in total. The Balaban J connectivity index is 1.58. The maximum atomic E-state index is 14.9. The predicted octanol–water partition coefficient (Wildman–Crippen LogP) is 4.43. The fourth-order valence-corrected chi connectivity index (χ4v) is 3.47. The second kappa shape index (κ2) is 8.10. The Bertz CT molecular complexity index is 1540. The number of rotatable bonds is 4. The summed E-state index contributed by atoms with van der Waals surface area (Å²) in [6, 6.07) is 13.3. The lowest BCUT2D eigenvalue weighted by Crippen LogP contribution is -2.16. The third-order valence-electron chi connectivity index (χ3n) is 5.06. The number of nitrogens with zero attached hydrogens (tertiary/aromatic N) is 6. The van der Waals surface area contributed by atoms with Gasteiger partial charge in [0, 0.05) is 30.7 Å². The topological polar surface area (TPSA) is 70.5 Å². The number of benzene rings is 2. The van der Waals surface area contributed by atoms with Gasteiger partial charge in [0.1, 0.15) is 5.69 Å². The predicted molar refractivity (Wildman–Crippen MR) is 114 cm³/mol. The van der Waals surface area contributed by atoms with E-state index < -0.39 is 23.0 Å². The Kier molecular flexibility index (Phi) is 5.08. The third-order valence-corrected chi connectivity index (χ3v) is 5.06. The lowest BCUT2D eigenvalue weighted by Gasteiger charge is -2.12. The standard InChI is InChI=1S/C23H14F4N6O/c24-18-14-16(31-11-2-9-28-31)5-6-19(18)32-12-8-21(34)22(30-32)20-7-10-29-33(20)17-4-1-3-15(13-17)23(25,26)27/h1-14H. The first-order chi connectivity index (χ1) is 16.3. The molecule has 0 saturated carbocycles. The van der Waals surface area contributed by atoms with Gasteiger partial charge in [0.05, 0.1) is 28.8 Å². The van der Waals surface area contributed by atoms with Gasteiger partial charge in [-0.05, 0) is 42.5 Å².